The zero-order valence-corrected chi connectivity index (χ0v) is 12.0. The number of amides is 2. The highest BCUT2D eigenvalue weighted by molar-refractivity contribution is 5.92. The SMILES string of the molecule is Cc1cc(F)cc(NC(=O)NC(C(=O)O)C(C)(C)C)c1. The van der Waals surface area contributed by atoms with Gasteiger partial charge in [0.2, 0.25) is 0 Å². The number of carboxylic acid groups (broad SMARTS) is 1. The number of hydrogen-bond acceptors (Lipinski definition) is 2. The Hall–Kier alpha value is -2.11. The number of anilines is 1. The van der Waals surface area contributed by atoms with Crippen molar-refractivity contribution in [2.24, 2.45) is 5.41 Å². The number of urea groups is 1. The first-order valence-corrected chi connectivity index (χ1v) is 6.17. The Bertz CT molecular complexity index is 503. The summed E-state index contributed by atoms with van der Waals surface area (Å²) in [6, 6.07) is 2.36. The second-order valence-electron chi connectivity index (χ2n) is 5.75. The third-order valence-corrected chi connectivity index (χ3v) is 2.69. The molecule has 0 aliphatic rings. The van der Waals surface area contributed by atoms with Crippen molar-refractivity contribution in [1.82, 2.24) is 5.32 Å². The van der Waals surface area contributed by atoms with E-state index in [-0.39, 0.29) is 5.69 Å². The normalized spacial score (nSPS) is 12.7. The molecule has 3 N–H and O–H groups in total. The molecule has 110 valence electrons. The van der Waals surface area contributed by atoms with Gasteiger partial charge in [-0.1, -0.05) is 20.8 Å². The van der Waals surface area contributed by atoms with Crippen LogP contribution < -0.4 is 10.6 Å². The second kappa shape index (κ2) is 5.90. The van der Waals surface area contributed by atoms with Crippen molar-refractivity contribution in [2.75, 3.05) is 5.32 Å². The van der Waals surface area contributed by atoms with E-state index < -0.39 is 29.3 Å². The van der Waals surface area contributed by atoms with Gasteiger partial charge < -0.3 is 15.7 Å². The summed E-state index contributed by atoms with van der Waals surface area (Å²) in [4.78, 5) is 22.9. The third kappa shape index (κ3) is 4.53. The predicted molar refractivity (Wildman–Crippen MR) is 74.2 cm³/mol. The molecule has 0 heterocycles. The van der Waals surface area contributed by atoms with E-state index in [1.54, 1.807) is 33.8 Å². The minimum atomic E-state index is -1.12. The van der Waals surface area contributed by atoms with Gasteiger partial charge in [0, 0.05) is 5.69 Å². The van der Waals surface area contributed by atoms with Crippen LogP contribution in [-0.4, -0.2) is 23.1 Å². The van der Waals surface area contributed by atoms with Gasteiger partial charge in [0.05, 0.1) is 0 Å². The molecule has 2 amide bonds. The van der Waals surface area contributed by atoms with Crippen LogP contribution in [0.15, 0.2) is 18.2 Å². The molecule has 0 radical (unpaired) electrons. The van der Waals surface area contributed by atoms with Crippen molar-refractivity contribution in [2.45, 2.75) is 33.7 Å². The van der Waals surface area contributed by atoms with Gasteiger partial charge in [-0.25, -0.2) is 14.0 Å². The smallest absolute Gasteiger partial charge is 0.326 e. The number of aryl methyl sites for hydroxylation is 1. The minimum Gasteiger partial charge on any atom is -0.480 e. The quantitative estimate of drug-likeness (QED) is 0.797. The van der Waals surface area contributed by atoms with Gasteiger partial charge in [0.15, 0.2) is 0 Å². The number of benzene rings is 1. The molecule has 1 unspecified atom stereocenters. The van der Waals surface area contributed by atoms with E-state index in [4.69, 9.17) is 5.11 Å². The highest BCUT2D eigenvalue weighted by Gasteiger charge is 2.32. The van der Waals surface area contributed by atoms with E-state index in [1.807, 2.05) is 0 Å². The van der Waals surface area contributed by atoms with E-state index in [0.717, 1.165) is 0 Å². The van der Waals surface area contributed by atoms with Gasteiger partial charge >= 0.3 is 12.0 Å². The number of hydrogen-bond donors (Lipinski definition) is 3. The molecule has 0 aliphatic carbocycles. The molecule has 0 saturated heterocycles. The monoisotopic (exact) mass is 282 g/mol. The number of rotatable bonds is 3. The largest absolute Gasteiger partial charge is 0.480 e. The van der Waals surface area contributed by atoms with E-state index in [1.165, 1.54) is 12.1 Å². The zero-order valence-electron chi connectivity index (χ0n) is 12.0. The number of aliphatic carboxylic acids is 1. The number of carbonyl (C=O) groups excluding carboxylic acids is 1. The molecule has 6 heteroatoms. The lowest BCUT2D eigenvalue weighted by molar-refractivity contribution is -0.141. The molecular weight excluding hydrogens is 263 g/mol. The maximum absolute atomic E-state index is 13.2. The third-order valence-electron chi connectivity index (χ3n) is 2.69. The van der Waals surface area contributed by atoms with Crippen LogP contribution in [-0.2, 0) is 4.79 Å². The maximum atomic E-state index is 13.2. The van der Waals surface area contributed by atoms with Crippen LogP contribution in [0.3, 0.4) is 0 Å². The first-order chi connectivity index (χ1) is 9.09. The highest BCUT2D eigenvalue weighted by atomic mass is 19.1. The fraction of sp³-hybridized carbons (Fsp3) is 0.429. The Kier molecular flexibility index (Phi) is 4.70. The van der Waals surface area contributed by atoms with Crippen LogP contribution in [0, 0.1) is 18.2 Å². The maximum Gasteiger partial charge on any atom is 0.326 e. The Morgan fingerprint density at radius 3 is 2.30 bits per heavy atom. The molecule has 0 aliphatic heterocycles. The number of carboxylic acids is 1. The van der Waals surface area contributed by atoms with Gasteiger partial charge in [-0.15, -0.1) is 0 Å². The molecular formula is C14H19FN2O3. The lowest BCUT2D eigenvalue weighted by Gasteiger charge is -2.27. The van der Waals surface area contributed by atoms with E-state index in [9.17, 15) is 14.0 Å². The van der Waals surface area contributed by atoms with Crippen LogP contribution in [0.4, 0.5) is 14.9 Å². The Morgan fingerprint density at radius 1 is 1.25 bits per heavy atom. The van der Waals surface area contributed by atoms with Gasteiger partial charge in [0.1, 0.15) is 11.9 Å². The van der Waals surface area contributed by atoms with Gasteiger partial charge in [-0.2, -0.15) is 0 Å². The molecule has 1 aromatic rings. The van der Waals surface area contributed by atoms with E-state index in [0.29, 0.717) is 5.56 Å². The summed E-state index contributed by atoms with van der Waals surface area (Å²) in [5.41, 5.74) is 0.296. The average molecular weight is 282 g/mol. The van der Waals surface area contributed by atoms with Crippen LogP contribution in [0.25, 0.3) is 0 Å². The lowest BCUT2D eigenvalue weighted by Crippen LogP contribution is -2.50. The lowest BCUT2D eigenvalue weighted by atomic mass is 9.87. The van der Waals surface area contributed by atoms with Gasteiger partial charge in [-0.05, 0) is 36.1 Å². The first-order valence-electron chi connectivity index (χ1n) is 6.17. The van der Waals surface area contributed by atoms with Crippen molar-refractivity contribution in [3.63, 3.8) is 0 Å². The van der Waals surface area contributed by atoms with Crippen molar-refractivity contribution in [1.29, 1.82) is 0 Å². The fourth-order valence-electron chi connectivity index (χ4n) is 1.76. The topological polar surface area (TPSA) is 78.4 Å². The van der Waals surface area contributed by atoms with Gasteiger partial charge in [0.25, 0.3) is 0 Å². The van der Waals surface area contributed by atoms with Crippen LogP contribution in [0.2, 0.25) is 0 Å². The molecule has 5 nitrogen and oxygen atoms in total. The van der Waals surface area contributed by atoms with Gasteiger partial charge in [-0.3, -0.25) is 0 Å². The van der Waals surface area contributed by atoms with Crippen molar-refractivity contribution in [3.8, 4) is 0 Å². The molecule has 0 saturated carbocycles. The summed E-state index contributed by atoms with van der Waals surface area (Å²) in [7, 11) is 0. The summed E-state index contributed by atoms with van der Waals surface area (Å²) < 4.78 is 13.2. The average Bonchev–Trinajstić information content (AvgIpc) is 2.22. The molecule has 1 atom stereocenters. The molecule has 0 aromatic heterocycles. The summed E-state index contributed by atoms with van der Waals surface area (Å²) in [5.74, 6) is -1.59. The standard InChI is InChI=1S/C14H19FN2O3/c1-8-5-9(15)7-10(6-8)16-13(20)17-11(12(18)19)14(2,3)4/h5-7,11H,1-4H3,(H,18,19)(H2,16,17,20). The minimum absolute atomic E-state index is 0.276. The molecule has 20 heavy (non-hydrogen) atoms. The Labute approximate surface area is 117 Å². The summed E-state index contributed by atoms with van der Waals surface area (Å²) in [6.07, 6.45) is 0. The van der Waals surface area contributed by atoms with E-state index in [2.05, 4.69) is 10.6 Å². The second-order valence-corrected chi connectivity index (χ2v) is 5.75. The zero-order chi connectivity index (χ0) is 15.5. The predicted octanol–water partition coefficient (Wildman–Crippen LogP) is 2.75. The van der Waals surface area contributed by atoms with Crippen molar-refractivity contribution >= 4 is 17.7 Å². The first kappa shape index (κ1) is 15.9. The summed E-state index contributed by atoms with van der Waals surface area (Å²) in [6.45, 7) is 6.82. The van der Waals surface area contributed by atoms with E-state index >= 15 is 0 Å². The molecule has 1 rings (SSSR count). The number of nitrogens with one attached hydrogen (secondary N) is 2. The van der Waals surface area contributed by atoms with Crippen molar-refractivity contribution in [3.05, 3.63) is 29.6 Å². The molecule has 0 fully saturated rings. The Balaban J connectivity index is 2.78. The van der Waals surface area contributed by atoms with Crippen LogP contribution in [0.5, 0.6) is 0 Å². The molecule has 1 aromatic carbocycles. The summed E-state index contributed by atoms with van der Waals surface area (Å²) in [5, 5.41) is 13.9. The fourth-order valence-corrected chi connectivity index (χ4v) is 1.76. The Morgan fingerprint density at radius 2 is 1.85 bits per heavy atom. The number of halogens is 1. The van der Waals surface area contributed by atoms with Crippen LogP contribution >= 0.6 is 0 Å². The highest BCUT2D eigenvalue weighted by Crippen LogP contribution is 2.20. The summed E-state index contributed by atoms with van der Waals surface area (Å²) >= 11 is 0. The molecule has 0 spiro atoms. The van der Waals surface area contributed by atoms with Crippen molar-refractivity contribution < 1.29 is 19.1 Å². The van der Waals surface area contributed by atoms with Crippen LogP contribution in [0.1, 0.15) is 26.3 Å². The molecule has 0 bridgehead atoms. The number of carbonyl (C=O) groups is 2.